The summed E-state index contributed by atoms with van der Waals surface area (Å²) < 4.78 is 5.61. The Hall–Kier alpha value is -3.94. The molecule has 1 amide bonds. The van der Waals surface area contributed by atoms with E-state index in [1.54, 1.807) is 0 Å². The fourth-order valence-corrected chi connectivity index (χ4v) is 5.13. The van der Waals surface area contributed by atoms with Crippen molar-refractivity contribution in [2.75, 3.05) is 49.1 Å². The molecule has 36 heavy (non-hydrogen) atoms. The molecule has 4 aromatic rings. The van der Waals surface area contributed by atoms with Crippen LogP contribution in [0.25, 0.3) is 22.2 Å². The van der Waals surface area contributed by atoms with Crippen molar-refractivity contribution in [2.45, 2.75) is 26.2 Å². The lowest BCUT2D eigenvalue weighted by Crippen LogP contribution is -2.49. The average Bonchev–Trinajstić information content (AvgIpc) is 3.37. The van der Waals surface area contributed by atoms with E-state index in [-0.39, 0.29) is 5.91 Å². The normalized spacial score (nSPS) is 16.5. The molecule has 2 saturated heterocycles. The molecule has 0 spiro atoms. The predicted molar refractivity (Wildman–Crippen MR) is 140 cm³/mol. The number of aryl methyl sites for hydroxylation is 1. The summed E-state index contributed by atoms with van der Waals surface area (Å²) in [6.07, 6.45) is 3.67. The minimum absolute atomic E-state index is 0.0321. The number of carbonyl (C=O) groups excluding carboxylic acids is 1. The van der Waals surface area contributed by atoms with Crippen LogP contribution in [0.15, 0.2) is 59.1 Å². The van der Waals surface area contributed by atoms with Crippen molar-refractivity contribution in [1.82, 2.24) is 20.0 Å². The van der Waals surface area contributed by atoms with Crippen LogP contribution in [0, 0.1) is 6.92 Å². The van der Waals surface area contributed by atoms with Crippen LogP contribution >= 0.6 is 0 Å². The molecule has 2 aliphatic rings. The van der Waals surface area contributed by atoms with Gasteiger partial charge in [-0.25, -0.2) is 4.98 Å². The predicted octanol–water partition coefficient (Wildman–Crippen LogP) is 4.55. The third kappa shape index (κ3) is 4.39. The Bertz CT molecular complexity index is 1370. The van der Waals surface area contributed by atoms with Gasteiger partial charge in [-0.05, 0) is 44.4 Å². The maximum absolute atomic E-state index is 13.4. The van der Waals surface area contributed by atoms with Gasteiger partial charge < -0.3 is 19.2 Å². The van der Waals surface area contributed by atoms with Crippen molar-refractivity contribution in [3.63, 3.8) is 0 Å². The van der Waals surface area contributed by atoms with Crippen LogP contribution in [-0.4, -0.2) is 65.2 Å². The first-order valence-corrected chi connectivity index (χ1v) is 12.8. The van der Waals surface area contributed by atoms with Crippen LogP contribution in [0.4, 0.5) is 11.8 Å². The molecule has 0 unspecified atom stereocenters. The number of hydrogen-bond donors (Lipinski definition) is 0. The molecule has 184 valence electrons. The molecule has 0 N–H and O–H groups in total. The number of piperazine rings is 1. The molecule has 2 fully saturated rings. The number of amides is 1. The second-order valence-corrected chi connectivity index (χ2v) is 9.60. The van der Waals surface area contributed by atoms with Crippen LogP contribution in [-0.2, 0) is 0 Å². The molecule has 2 aromatic heterocycles. The molecule has 4 heterocycles. The van der Waals surface area contributed by atoms with E-state index in [4.69, 9.17) is 14.5 Å². The third-order valence-electron chi connectivity index (χ3n) is 7.12. The van der Waals surface area contributed by atoms with E-state index in [9.17, 15) is 4.79 Å². The van der Waals surface area contributed by atoms with Gasteiger partial charge in [-0.1, -0.05) is 35.5 Å². The van der Waals surface area contributed by atoms with Gasteiger partial charge in [0.1, 0.15) is 11.3 Å². The fraction of sp³-hybridized carbons (Fsp3) is 0.357. The van der Waals surface area contributed by atoms with Gasteiger partial charge in [0.05, 0.1) is 5.39 Å². The number of fused-ring (bicyclic) bond motifs is 1. The Morgan fingerprint density at radius 1 is 0.833 bits per heavy atom. The third-order valence-corrected chi connectivity index (χ3v) is 7.12. The van der Waals surface area contributed by atoms with E-state index in [1.165, 1.54) is 19.3 Å². The zero-order valence-corrected chi connectivity index (χ0v) is 20.6. The summed E-state index contributed by atoms with van der Waals surface area (Å²) >= 11 is 0. The van der Waals surface area contributed by atoms with E-state index >= 15 is 0 Å². The second kappa shape index (κ2) is 9.60. The van der Waals surface area contributed by atoms with Gasteiger partial charge >= 0.3 is 0 Å². The van der Waals surface area contributed by atoms with Crippen LogP contribution in [0.2, 0.25) is 0 Å². The zero-order chi connectivity index (χ0) is 24.5. The monoisotopic (exact) mass is 482 g/mol. The van der Waals surface area contributed by atoms with Crippen LogP contribution in [0.1, 0.15) is 35.3 Å². The smallest absolute Gasteiger partial charge is 0.254 e. The maximum Gasteiger partial charge on any atom is 0.254 e. The zero-order valence-electron chi connectivity index (χ0n) is 20.6. The topological polar surface area (TPSA) is 78.6 Å². The summed E-state index contributed by atoms with van der Waals surface area (Å²) in [5.41, 5.74) is 3.33. The number of rotatable bonds is 4. The highest BCUT2D eigenvalue weighted by Crippen LogP contribution is 2.30. The molecule has 0 aliphatic carbocycles. The number of hydrogen-bond acceptors (Lipinski definition) is 7. The lowest BCUT2D eigenvalue weighted by atomic mass is 10.1. The highest BCUT2D eigenvalue weighted by atomic mass is 16.5. The number of aromatic nitrogens is 3. The largest absolute Gasteiger partial charge is 0.355 e. The van der Waals surface area contributed by atoms with Gasteiger partial charge in [0.15, 0.2) is 5.76 Å². The minimum Gasteiger partial charge on any atom is -0.355 e. The summed E-state index contributed by atoms with van der Waals surface area (Å²) in [4.78, 5) is 29.5. The number of carbonyl (C=O) groups is 1. The molecule has 0 atom stereocenters. The van der Waals surface area contributed by atoms with Gasteiger partial charge in [-0.3, -0.25) is 4.79 Å². The highest BCUT2D eigenvalue weighted by Gasteiger charge is 2.25. The quantitative estimate of drug-likeness (QED) is 0.422. The Morgan fingerprint density at radius 3 is 2.39 bits per heavy atom. The van der Waals surface area contributed by atoms with E-state index in [2.05, 4.69) is 21.0 Å². The highest BCUT2D eigenvalue weighted by molar-refractivity contribution is 6.01. The molecule has 6 rings (SSSR count). The standard InChI is InChI=1S/C28H30N6O2/c1-20-18-25(30-28(29-20)34-12-6-3-7-13-34)32-14-16-33(17-15-32)27(35)22-10-11-24-23(19-22)26(36-31-24)21-8-4-2-5-9-21/h2,4-5,8-11,18-19H,3,6-7,12-17H2,1H3. The van der Waals surface area contributed by atoms with Crippen LogP contribution in [0.3, 0.4) is 0 Å². The number of nitrogens with zero attached hydrogens (tertiary/aromatic N) is 6. The van der Waals surface area contributed by atoms with Crippen molar-refractivity contribution in [3.8, 4) is 11.3 Å². The lowest BCUT2D eigenvalue weighted by Gasteiger charge is -2.36. The Morgan fingerprint density at radius 2 is 1.61 bits per heavy atom. The summed E-state index contributed by atoms with van der Waals surface area (Å²) in [6, 6.07) is 17.5. The Kier molecular flexibility index (Phi) is 6.01. The first-order valence-electron chi connectivity index (χ1n) is 12.8. The molecule has 8 nitrogen and oxygen atoms in total. The average molecular weight is 483 g/mol. The van der Waals surface area contributed by atoms with E-state index < -0.39 is 0 Å². The van der Waals surface area contributed by atoms with Crippen molar-refractivity contribution >= 4 is 28.6 Å². The molecule has 2 aromatic carbocycles. The fourth-order valence-electron chi connectivity index (χ4n) is 5.13. The molecular weight excluding hydrogens is 452 g/mol. The van der Waals surface area contributed by atoms with E-state index in [1.807, 2.05) is 60.4 Å². The summed E-state index contributed by atoms with van der Waals surface area (Å²) in [5, 5.41) is 5.03. The lowest BCUT2D eigenvalue weighted by molar-refractivity contribution is 0.0746. The Balaban J connectivity index is 1.17. The number of anilines is 2. The van der Waals surface area contributed by atoms with Gasteiger partial charge in [0.25, 0.3) is 5.91 Å². The molecule has 0 bridgehead atoms. The van der Waals surface area contributed by atoms with Crippen molar-refractivity contribution in [1.29, 1.82) is 0 Å². The van der Waals surface area contributed by atoms with Gasteiger partial charge in [-0.2, -0.15) is 4.98 Å². The minimum atomic E-state index is 0.0321. The summed E-state index contributed by atoms with van der Waals surface area (Å²) in [7, 11) is 0. The van der Waals surface area contributed by atoms with E-state index in [0.29, 0.717) is 24.4 Å². The molecule has 0 saturated carbocycles. The van der Waals surface area contributed by atoms with Gasteiger partial charge in [0.2, 0.25) is 5.95 Å². The molecule has 2 aliphatic heterocycles. The Labute approximate surface area is 210 Å². The van der Waals surface area contributed by atoms with Gasteiger partial charge in [-0.15, -0.1) is 0 Å². The summed E-state index contributed by atoms with van der Waals surface area (Å²) in [6.45, 7) is 6.85. The van der Waals surface area contributed by atoms with Gasteiger partial charge in [0, 0.05) is 62.2 Å². The van der Waals surface area contributed by atoms with Crippen LogP contribution in [0.5, 0.6) is 0 Å². The summed E-state index contributed by atoms with van der Waals surface area (Å²) in [5.74, 6) is 2.51. The van der Waals surface area contributed by atoms with Crippen LogP contribution < -0.4 is 9.80 Å². The van der Waals surface area contributed by atoms with E-state index in [0.717, 1.165) is 60.1 Å². The molecular formula is C28H30N6O2. The first kappa shape index (κ1) is 22.5. The van der Waals surface area contributed by atoms with Crippen molar-refractivity contribution in [3.05, 3.63) is 65.9 Å². The maximum atomic E-state index is 13.4. The number of piperidine rings is 1. The number of benzene rings is 2. The molecule has 8 heteroatoms. The SMILES string of the molecule is Cc1cc(N2CCN(C(=O)c3ccc4noc(-c5ccccc5)c4c3)CC2)nc(N2CCCCC2)n1. The first-order chi connectivity index (χ1) is 17.7. The second-order valence-electron chi connectivity index (χ2n) is 9.60. The van der Waals surface area contributed by atoms with Crippen molar-refractivity contribution in [2.24, 2.45) is 0 Å². The molecule has 0 radical (unpaired) electrons. The van der Waals surface area contributed by atoms with Crippen molar-refractivity contribution < 1.29 is 9.32 Å².